The van der Waals surface area contributed by atoms with Gasteiger partial charge in [0.15, 0.2) is 12.1 Å². The van der Waals surface area contributed by atoms with Crippen LogP contribution < -0.4 is 0 Å². The molecule has 0 radical (unpaired) electrons. The van der Waals surface area contributed by atoms with E-state index < -0.39 is 11.8 Å². The Bertz CT molecular complexity index is 420. The lowest BCUT2D eigenvalue weighted by molar-refractivity contribution is -0.140. The second kappa shape index (κ2) is 5.60. The Balaban J connectivity index is 2.72. The van der Waals surface area contributed by atoms with Crippen LogP contribution in [0.4, 0.5) is 0 Å². The Morgan fingerprint density at radius 2 is 1.88 bits per heavy atom. The van der Waals surface area contributed by atoms with Crippen LogP contribution in [0, 0.1) is 0 Å². The molecule has 0 aromatic heterocycles. The lowest BCUT2D eigenvalue weighted by Crippen LogP contribution is -2.16. The molecule has 16 heavy (non-hydrogen) atoms. The smallest absolute Gasteiger partial charge is 0.341 e. The summed E-state index contributed by atoms with van der Waals surface area (Å²) in [7, 11) is 0. The molecule has 4 nitrogen and oxygen atoms in total. The van der Waals surface area contributed by atoms with Crippen molar-refractivity contribution in [2.75, 3.05) is 6.61 Å². The average molecular weight is 218 g/mol. The fourth-order valence-corrected chi connectivity index (χ4v) is 1.05. The van der Waals surface area contributed by atoms with Gasteiger partial charge in [-0.15, -0.1) is 0 Å². The summed E-state index contributed by atoms with van der Waals surface area (Å²) < 4.78 is 4.47. The minimum atomic E-state index is -0.874. The molecule has 0 bridgehead atoms. The van der Waals surface area contributed by atoms with Gasteiger partial charge in [-0.25, -0.2) is 4.79 Å². The van der Waals surface area contributed by atoms with Crippen molar-refractivity contribution in [3.05, 3.63) is 48.0 Å². The van der Waals surface area contributed by atoms with E-state index in [-0.39, 0.29) is 12.2 Å². The lowest BCUT2D eigenvalue weighted by Gasteiger charge is -2.03. The predicted octanol–water partition coefficient (Wildman–Crippen LogP) is 1.17. The molecule has 0 saturated carbocycles. The van der Waals surface area contributed by atoms with Crippen molar-refractivity contribution in [2.45, 2.75) is 0 Å². The van der Waals surface area contributed by atoms with Crippen molar-refractivity contribution in [2.24, 2.45) is 0 Å². The van der Waals surface area contributed by atoms with Gasteiger partial charge in [-0.2, -0.15) is 0 Å². The molecule has 0 unspecified atom stereocenters. The molecule has 0 amide bonds. The zero-order valence-corrected chi connectivity index (χ0v) is 8.51. The van der Waals surface area contributed by atoms with Crippen LogP contribution in [0.5, 0.6) is 0 Å². The van der Waals surface area contributed by atoms with Gasteiger partial charge in [0.25, 0.3) is 0 Å². The van der Waals surface area contributed by atoms with Crippen LogP contribution in [0.25, 0.3) is 0 Å². The fourth-order valence-electron chi connectivity index (χ4n) is 1.05. The maximum atomic E-state index is 11.7. The second-order valence-corrected chi connectivity index (χ2v) is 2.94. The van der Waals surface area contributed by atoms with Gasteiger partial charge in [-0.3, -0.25) is 9.59 Å². The summed E-state index contributed by atoms with van der Waals surface area (Å²) in [4.78, 5) is 32.9. The minimum absolute atomic E-state index is 0.284. The van der Waals surface area contributed by atoms with Gasteiger partial charge in [0, 0.05) is 5.56 Å². The van der Waals surface area contributed by atoms with E-state index in [0.29, 0.717) is 11.8 Å². The van der Waals surface area contributed by atoms with E-state index in [1.165, 1.54) is 0 Å². The molecule has 0 heterocycles. The van der Waals surface area contributed by atoms with Crippen molar-refractivity contribution < 1.29 is 19.1 Å². The molecule has 0 fully saturated rings. The molecular weight excluding hydrogens is 208 g/mol. The third-order valence-electron chi connectivity index (χ3n) is 1.84. The van der Waals surface area contributed by atoms with E-state index >= 15 is 0 Å². The number of esters is 1. The molecule has 0 aliphatic carbocycles. The zero-order chi connectivity index (χ0) is 12.0. The summed E-state index contributed by atoms with van der Waals surface area (Å²) in [6, 6.07) is 8.25. The van der Waals surface area contributed by atoms with E-state index in [0.717, 1.165) is 0 Å². The van der Waals surface area contributed by atoms with Crippen molar-refractivity contribution in [3.63, 3.8) is 0 Å². The number of hydrogen-bond donors (Lipinski definition) is 0. The Kier molecular flexibility index (Phi) is 4.15. The fraction of sp³-hybridized carbons (Fsp3) is 0.0833. The first-order valence-electron chi connectivity index (χ1n) is 4.56. The second-order valence-electron chi connectivity index (χ2n) is 2.94. The van der Waals surface area contributed by atoms with Crippen LogP contribution in [0.1, 0.15) is 10.4 Å². The molecule has 0 spiro atoms. The van der Waals surface area contributed by atoms with Crippen LogP contribution in [0.3, 0.4) is 0 Å². The Morgan fingerprint density at radius 1 is 1.25 bits per heavy atom. The van der Waals surface area contributed by atoms with Crippen molar-refractivity contribution in [3.8, 4) is 0 Å². The highest BCUT2D eigenvalue weighted by atomic mass is 16.5. The first-order valence-corrected chi connectivity index (χ1v) is 4.56. The Labute approximate surface area is 92.5 Å². The maximum Gasteiger partial charge on any atom is 0.341 e. The number of rotatable bonds is 5. The number of hydrogen-bond acceptors (Lipinski definition) is 4. The molecule has 0 saturated heterocycles. The van der Waals surface area contributed by atoms with Gasteiger partial charge in [0.05, 0.1) is 0 Å². The Morgan fingerprint density at radius 3 is 2.44 bits per heavy atom. The SMILES string of the molecule is C=C(C(=O)OCC=O)C(=O)c1ccccc1. The van der Waals surface area contributed by atoms with Crippen molar-refractivity contribution in [1.29, 1.82) is 0 Å². The van der Waals surface area contributed by atoms with Gasteiger partial charge in [0.1, 0.15) is 12.2 Å². The number of aldehydes is 1. The van der Waals surface area contributed by atoms with Crippen LogP contribution in [-0.2, 0) is 14.3 Å². The lowest BCUT2D eigenvalue weighted by atomic mass is 10.1. The molecule has 0 aliphatic rings. The normalized spacial score (nSPS) is 9.25. The Hall–Kier alpha value is -2.23. The van der Waals surface area contributed by atoms with Crippen LogP contribution in [0.2, 0.25) is 0 Å². The topological polar surface area (TPSA) is 60.4 Å². The van der Waals surface area contributed by atoms with E-state index in [1.54, 1.807) is 30.3 Å². The minimum Gasteiger partial charge on any atom is -0.454 e. The summed E-state index contributed by atoms with van der Waals surface area (Å²) in [5.74, 6) is -1.38. The number of carbonyl (C=O) groups is 3. The summed E-state index contributed by atoms with van der Waals surface area (Å²) in [5, 5.41) is 0. The van der Waals surface area contributed by atoms with E-state index in [2.05, 4.69) is 11.3 Å². The molecular formula is C12H10O4. The monoisotopic (exact) mass is 218 g/mol. The first-order chi connectivity index (χ1) is 7.66. The number of Topliss-reactive ketones (excluding diaryl/α,β-unsaturated/α-hetero) is 1. The number of benzene rings is 1. The van der Waals surface area contributed by atoms with Gasteiger partial charge in [-0.1, -0.05) is 36.9 Å². The van der Waals surface area contributed by atoms with E-state index in [4.69, 9.17) is 0 Å². The zero-order valence-electron chi connectivity index (χ0n) is 8.51. The maximum absolute atomic E-state index is 11.7. The summed E-state index contributed by atoms with van der Waals surface area (Å²) in [6.45, 7) is 2.97. The standard InChI is InChI=1S/C12H10O4/c1-9(12(15)16-8-7-13)11(14)10-5-3-2-4-6-10/h2-7H,1,8H2. The highest BCUT2D eigenvalue weighted by molar-refractivity contribution is 6.23. The van der Waals surface area contributed by atoms with Crippen LogP contribution >= 0.6 is 0 Å². The number of carbonyl (C=O) groups excluding carboxylic acids is 3. The molecule has 1 aromatic rings. The van der Waals surface area contributed by atoms with E-state index in [9.17, 15) is 14.4 Å². The summed E-state index contributed by atoms with van der Waals surface area (Å²) in [6.07, 6.45) is 0.429. The highest BCUT2D eigenvalue weighted by Crippen LogP contribution is 2.07. The summed E-state index contributed by atoms with van der Waals surface area (Å²) >= 11 is 0. The molecule has 0 atom stereocenters. The first kappa shape index (κ1) is 11.8. The highest BCUT2D eigenvalue weighted by Gasteiger charge is 2.18. The van der Waals surface area contributed by atoms with Gasteiger partial charge in [0.2, 0.25) is 0 Å². The average Bonchev–Trinajstić information content (AvgIpc) is 2.35. The predicted molar refractivity (Wildman–Crippen MR) is 56.9 cm³/mol. The molecule has 1 aromatic carbocycles. The largest absolute Gasteiger partial charge is 0.454 e. The number of ether oxygens (including phenoxy) is 1. The molecule has 0 N–H and O–H groups in total. The van der Waals surface area contributed by atoms with Gasteiger partial charge >= 0.3 is 5.97 Å². The van der Waals surface area contributed by atoms with Crippen LogP contribution in [0.15, 0.2) is 42.5 Å². The number of ketones is 1. The molecule has 82 valence electrons. The van der Waals surface area contributed by atoms with Gasteiger partial charge in [-0.05, 0) is 0 Å². The molecule has 4 heteroatoms. The quantitative estimate of drug-likeness (QED) is 0.186. The van der Waals surface area contributed by atoms with Crippen LogP contribution in [-0.4, -0.2) is 24.6 Å². The van der Waals surface area contributed by atoms with Gasteiger partial charge < -0.3 is 4.74 Å². The van der Waals surface area contributed by atoms with E-state index in [1.807, 2.05) is 0 Å². The summed E-state index contributed by atoms with van der Waals surface area (Å²) in [5.41, 5.74) is 0.0728. The third kappa shape index (κ3) is 2.88. The third-order valence-corrected chi connectivity index (χ3v) is 1.84. The van der Waals surface area contributed by atoms with Crippen molar-refractivity contribution in [1.82, 2.24) is 0 Å². The molecule has 1 rings (SSSR count). The van der Waals surface area contributed by atoms with Crippen molar-refractivity contribution >= 4 is 18.0 Å². The molecule has 0 aliphatic heterocycles.